The number of hydrogen-bond acceptors (Lipinski definition) is 3. The van der Waals surface area contributed by atoms with Crippen LogP contribution in [0.25, 0.3) is 0 Å². The molecule has 2 rings (SSSR count). The van der Waals surface area contributed by atoms with Crippen LogP contribution in [0.5, 0.6) is 0 Å². The van der Waals surface area contributed by atoms with Crippen LogP contribution >= 0.6 is 15.9 Å². The maximum Gasteiger partial charge on any atom is 0.131 e. The van der Waals surface area contributed by atoms with E-state index in [9.17, 15) is 0 Å². The molecule has 1 aliphatic heterocycles. The van der Waals surface area contributed by atoms with Crippen molar-refractivity contribution in [3.63, 3.8) is 0 Å². The van der Waals surface area contributed by atoms with Gasteiger partial charge in [-0.3, -0.25) is 4.68 Å². The van der Waals surface area contributed by atoms with Gasteiger partial charge in [-0.05, 0) is 28.8 Å². The fourth-order valence-corrected chi connectivity index (χ4v) is 2.34. The van der Waals surface area contributed by atoms with Crippen LogP contribution in [-0.4, -0.2) is 23.4 Å². The van der Waals surface area contributed by atoms with Gasteiger partial charge in [-0.1, -0.05) is 0 Å². The Morgan fingerprint density at radius 3 is 3.00 bits per heavy atom. The highest BCUT2D eigenvalue weighted by molar-refractivity contribution is 9.10. The number of halogens is 1. The Morgan fingerprint density at radius 2 is 2.40 bits per heavy atom. The number of aromatic nitrogens is 2. The van der Waals surface area contributed by atoms with Crippen LogP contribution in [0.2, 0.25) is 0 Å². The molecule has 0 amide bonds. The molecule has 5 heteroatoms. The van der Waals surface area contributed by atoms with Crippen molar-refractivity contribution in [2.24, 2.45) is 7.05 Å². The summed E-state index contributed by atoms with van der Waals surface area (Å²) in [4.78, 5) is 2.24. The van der Waals surface area contributed by atoms with Crippen molar-refractivity contribution in [2.45, 2.75) is 12.8 Å². The summed E-state index contributed by atoms with van der Waals surface area (Å²) in [5.41, 5.74) is 1.22. The van der Waals surface area contributed by atoms with E-state index in [1.807, 2.05) is 24.1 Å². The molecular formula is C10H14BrN3O. The molecule has 0 unspecified atom stereocenters. The summed E-state index contributed by atoms with van der Waals surface area (Å²) in [6.07, 6.45) is 4.04. The van der Waals surface area contributed by atoms with Crippen molar-refractivity contribution in [3.8, 4) is 0 Å². The van der Waals surface area contributed by atoms with E-state index in [4.69, 9.17) is 4.74 Å². The van der Waals surface area contributed by atoms with Gasteiger partial charge in [0.05, 0.1) is 12.8 Å². The minimum atomic E-state index is 0.865. The summed E-state index contributed by atoms with van der Waals surface area (Å²) < 4.78 is 7.82. The second kappa shape index (κ2) is 4.26. The van der Waals surface area contributed by atoms with Crippen LogP contribution in [0.4, 0.5) is 5.82 Å². The number of nitrogens with zero attached hydrogens (tertiary/aromatic N) is 3. The van der Waals surface area contributed by atoms with Crippen molar-refractivity contribution in [1.82, 2.24) is 9.78 Å². The molecule has 0 bridgehead atoms. The first kappa shape index (κ1) is 10.5. The molecule has 1 saturated heterocycles. The minimum absolute atomic E-state index is 0.865. The zero-order valence-corrected chi connectivity index (χ0v) is 10.5. The number of ether oxygens (including phenoxy) is 1. The van der Waals surface area contributed by atoms with Crippen LogP contribution in [-0.2, 0) is 11.8 Å². The third kappa shape index (κ3) is 2.02. The average molecular weight is 272 g/mol. The fraction of sp³-hybridized carbons (Fsp3) is 0.500. The zero-order valence-electron chi connectivity index (χ0n) is 8.90. The van der Waals surface area contributed by atoms with E-state index in [2.05, 4.69) is 25.9 Å². The molecule has 0 aromatic carbocycles. The largest absolute Gasteiger partial charge is 0.503 e. The summed E-state index contributed by atoms with van der Waals surface area (Å²) in [6.45, 7) is 1.03. The molecule has 4 nitrogen and oxygen atoms in total. The van der Waals surface area contributed by atoms with E-state index in [0.717, 1.165) is 29.8 Å². The topological polar surface area (TPSA) is 30.3 Å². The van der Waals surface area contributed by atoms with E-state index < -0.39 is 0 Å². The van der Waals surface area contributed by atoms with Crippen molar-refractivity contribution in [1.29, 1.82) is 0 Å². The van der Waals surface area contributed by atoms with Gasteiger partial charge >= 0.3 is 0 Å². The first-order valence-electron chi connectivity index (χ1n) is 4.91. The first-order valence-corrected chi connectivity index (χ1v) is 5.70. The highest BCUT2D eigenvalue weighted by Gasteiger charge is 2.21. The molecule has 0 aliphatic carbocycles. The Kier molecular flexibility index (Phi) is 3.00. The number of rotatable bonds is 2. The average Bonchev–Trinajstić information content (AvgIpc) is 2.73. The fourth-order valence-electron chi connectivity index (χ4n) is 1.89. The zero-order chi connectivity index (χ0) is 10.8. The predicted molar refractivity (Wildman–Crippen MR) is 62.6 cm³/mol. The molecule has 1 aromatic rings. The van der Waals surface area contributed by atoms with E-state index in [1.165, 1.54) is 5.70 Å². The molecule has 0 spiro atoms. The Labute approximate surface area is 97.6 Å². The van der Waals surface area contributed by atoms with E-state index in [0.29, 0.717) is 0 Å². The molecule has 1 aliphatic rings. The van der Waals surface area contributed by atoms with Crippen molar-refractivity contribution >= 4 is 21.7 Å². The quantitative estimate of drug-likeness (QED) is 0.774. The molecule has 1 fully saturated rings. The third-order valence-electron chi connectivity index (χ3n) is 2.52. The van der Waals surface area contributed by atoms with Crippen molar-refractivity contribution in [2.75, 3.05) is 18.6 Å². The van der Waals surface area contributed by atoms with Crippen LogP contribution in [0, 0.1) is 0 Å². The molecule has 0 saturated carbocycles. The summed E-state index contributed by atoms with van der Waals surface area (Å²) in [5, 5.41) is 4.27. The van der Waals surface area contributed by atoms with Gasteiger partial charge in [-0.15, -0.1) is 0 Å². The van der Waals surface area contributed by atoms with E-state index in [1.54, 1.807) is 7.11 Å². The van der Waals surface area contributed by atoms with Crippen molar-refractivity contribution in [3.05, 3.63) is 22.6 Å². The van der Waals surface area contributed by atoms with Crippen LogP contribution in [0.1, 0.15) is 12.8 Å². The van der Waals surface area contributed by atoms with E-state index >= 15 is 0 Å². The molecule has 0 radical (unpaired) electrons. The Bertz CT molecular complexity index is 386. The van der Waals surface area contributed by atoms with Gasteiger partial charge in [0.15, 0.2) is 0 Å². The van der Waals surface area contributed by atoms with Gasteiger partial charge < -0.3 is 9.64 Å². The standard InChI is InChI=1S/C10H14BrN3O/c1-13-10(6-9(11)12-13)14-5-3-4-8(14)7-15-2/h6-7H,3-5H2,1-2H3/b8-7+. The third-order valence-corrected chi connectivity index (χ3v) is 2.90. The predicted octanol–water partition coefficient (Wildman–Crippen LogP) is 2.27. The maximum absolute atomic E-state index is 5.08. The highest BCUT2D eigenvalue weighted by atomic mass is 79.9. The Balaban J connectivity index is 2.30. The molecule has 82 valence electrons. The summed E-state index contributed by atoms with van der Waals surface area (Å²) >= 11 is 3.38. The van der Waals surface area contributed by atoms with Crippen LogP contribution in [0.15, 0.2) is 22.6 Å². The summed E-state index contributed by atoms with van der Waals surface area (Å²) in [6, 6.07) is 2.02. The number of allylic oxidation sites excluding steroid dienone is 1. The van der Waals surface area contributed by atoms with Gasteiger partial charge in [0.2, 0.25) is 0 Å². The monoisotopic (exact) mass is 271 g/mol. The lowest BCUT2D eigenvalue weighted by molar-refractivity contribution is 0.332. The molecule has 15 heavy (non-hydrogen) atoms. The second-order valence-electron chi connectivity index (χ2n) is 3.55. The van der Waals surface area contributed by atoms with Crippen molar-refractivity contribution < 1.29 is 4.74 Å². The van der Waals surface area contributed by atoms with Gasteiger partial charge in [-0.2, -0.15) is 5.10 Å². The number of anilines is 1. The van der Waals surface area contributed by atoms with Gasteiger partial charge in [0.25, 0.3) is 0 Å². The van der Waals surface area contributed by atoms with Gasteiger partial charge in [-0.25, -0.2) is 0 Å². The first-order chi connectivity index (χ1) is 7.22. The lowest BCUT2D eigenvalue weighted by Crippen LogP contribution is -2.19. The normalized spacial score (nSPS) is 18.9. The molecule has 0 atom stereocenters. The molecular weight excluding hydrogens is 258 g/mol. The number of methoxy groups -OCH3 is 1. The number of aryl methyl sites for hydroxylation is 1. The molecule has 2 heterocycles. The van der Waals surface area contributed by atoms with Crippen LogP contribution in [0.3, 0.4) is 0 Å². The van der Waals surface area contributed by atoms with Gasteiger partial charge in [0, 0.05) is 19.7 Å². The maximum atomic E-state index is 5.08. The Morgan fingerprint density at radius 1 is 1.60 bits per heavy atom. The summed E-state index contributed by atoms with van der Waals surface area (Å²) in [5.74, 6) is 1.10. The second-order valence-corrected chi connectivity index (χ2v) is 4.36. The van der Waals surface area contributed by atoms with E-state index in [-0.39, 0.29) is 0 Å². The summed E-state index contributed by atoms with van der Waals surface area (Å²) in [7, 11) is 3.63. The SMILES string of the molecule is CO/C=C1\CCCN1c1cc(Br)nn1C. The number of hydrogen-bond donors (Lipinski definition) is 0. The highest BCUT2D eigenvalue weighted by Crippen LogP contribution is 2.29. The Hall–Kier alpha value is -0.970. The lowest BCUT2D eigenvalue weighted by Gasteiger charge is -2.19. The van der Waals surface area contributed by atoms with Gasteiger partial charge in [0.1, 0.15) is 16.7 Å². The lowest BCUT2D eigenvalue weighted by atomic mass is 10.3. The smallest absolute Gasteiger partial charge is 0.131 e. The minimum Gasteiger partial charge on any atom is -0.503 e. The van der Waals surface area contributed by atoms with Crippen LogP contribution < -0.4 is 4.90 Å². The molecule has 0 N–H and O–H groups in total. The molecule has 1 aromatic heterocycles.